The van der Waals surface area contributed by atoms with Crippen molar-refractivity contribution in [2.45, 2.75) is 94.9 Å². The van der Waals surface area contributed by atoms with Crippen LogP contribution in [-0.2, 0) is 30.8 Å². The molecule has 3 heterocycles. The van der Waals surface area contributed by atoms with Gasteiger partial charge in [-0.2, -0.15) is 0 Å². The molecule has 11 nitrogen and oxygen atoms in total. The van der Waals surface area contributed by atoms with Gasteiger partial charge in [0.25, 0.3) is 0 Å². The molecule has 0 unspecified atom stereocenters. The number of carbonyl (C=O) groups excluding carboxylic acids is 2. The predicted octanol–water partition coefficient (Wildman–Crippen LogP) is 4.99. The van der Waals surface area contributed by atoms with Gasteiger partial charge in [0, 0.05) is 29.4 Å². The smallest absolute Gasteiger partial charge is 0.330 e. The van der Waals surface area contributed by atoms with Crippen LogP contribution in [0, 0.1) is 5.92 Å². The van der Waals surface area contributed by atoms with Crippen LogP contribution in [-0.4, -0.2) is 77.2 Å². The number of hydrogen-bond donors (Lipinski definition) is 3. The number of carbonyl (C=O) groups is 3. The summed E-state index contributed by atoms with van der Waals surface area (Å²) < 4.78 is 35.9. The van der Waals surface area contributed by atoms with Gasteiger partial charge >= 0.3 is 5.97 Å². The molecule has 5 atom stereocenters. The third-order valence-electron chi connectivity index (χ3n) is 10.2. The minimum Gasteiger partial charge on any atom is -0.488 e. The topological polar surface area (TPSA) is 155 Å². The standard InChI is InChI=1S/C38H46N4O7S/c1-3-5-16-31-36(44)42-24-28(21-33(42)35(43)40-38(37(45)46)23-27(38)4-2)49-34-22-32(26-14-10-8-11-15-26)39-30-18-17-25(20-29(30)34)13-9-6-7-12-19-50(47,48)41-31/h4,8,10-11,14-15,17-18,20,22,27-28,31,33,41H,2-3,5-7,9,12-13,16,19,21,23-24H2,1H3,(H,40,43)(H,45,46)/t27-,28+,31-,33-,38+/m0/s1. The molecule has 1 aliphatic carbocycles. The highest BCUT2D eigenvalue weighted by atomic mass is 32.2. The molecule has 2 amide bonds. The fourth-order valence-corrected chi connectivity index (χ4v) is 8.57. The number of aliphatic carboxylic acids is 1. The van der Waals surface area contributed by atoms with Crippen LogP contribution in [0.25, 0.3) is 22.2 Å². The monoisotopic (exact) mass is 702 g/mol. The fourth-order valence-electron chi connectivity index (χ4n) is 7.22. The molecule has 2 aromatic carbocycles. The van der Waals surface area contributed by atoms with Crippen molar-refractivity contribution >= 4 is 38.7 Å². The van der Waals surface area contributed by atoms with Gasteiger partial charge in [-0.1, -0.05) is 75.1 Å². The molecule has 6 rings (SSSR count). The van der Waals surface area contributed by atoms with E-state index in [4.69, 9.17) is 9.72 Å². The molecule has 1 aromatic heterocycles. The second-order valence-corrected chi connectivity index (χ2v) is 15.7. The van der Waals surface area contributed by atoms with Crippen molar-refractivity contribution in [2.24, 2.45) is 5.92 Å². The van der Waals surface area contributed by atoms with Gasteiger partial charge in [0.2, 0.25) is 21.8 Å². The summed E-state index contributed by atoms with van der Waals surface area (Å²) in [6.45, 7) is 5.68. The number of amides is 2. The van der Waals surface area contributed by atoms with Crippen LogP contribution in [0.5, 0.6) is 5.75 Å². The van der Waals surface area contributed by atoms with Crippen molar-refractivity contribution < 1.29 is 32.6 Å². The van der Waals surface area contributed by atoms with E-state index in [1.807, 2.05) is 49.4 Å². The summed E-state index contributed by atoms with van der Waals surface area (Å²) in [5, 5.41) is 13.6. The van der Waals surface area contributed by atoms with Crippen LogP contribution < -0.4 is 14.8 Å². The average molecular weight is 703 g/mol. The van der Waals surface area contributed by atoms with Crippen LogP contribution >= 0.6 is 0 Å². The van der Waals surface area contributed by atoms with Crippen LogP contribution in [0.2, 0.25) is 0 Å². The van der Waals surface area contributed by atoms with Gasteiger partial charge in [-0.15, -0.1) is 6.58 Å². The van der Waals surface area contributed by atoms with E-state index in [1.54, 1.807) is 0 Å². The lowest BCUT2D eigenvalue weighted by atomic mass is 10.0. The molecule has 1 saturated carbocycles. The quantitative estimate of drug-likeness (QED) is 0.278. The van der Waals surface area contributed by atoms with Gasteiger partial charge in [-0.3, -0.25) is 9.59 Å². The maximum absolute atomic E-state index is 14.3. The Balaban J connectivity index is 1.40. The molecule has 0 spiro atoms. The number of hydrogen-bond acceptors (Lipinski definition) is 7. The summed E-state index contributed by atoms with van der Waals surface area (Å²) >= 11 is 0. The van der Waals surface area contributed by atoms with E-state index in [1.165, 1.54) is 11.0 Å². The molecule has 266 valence electrons. The molecule has 4 bridgehead atoms. The van der Waals surface area contributed by atoms with Crippen LogP contribution in [0.15, 0.2) is 67.3 Å². The van der Waals surface area contributed by atoms with Crippen molar-refractivity contribution in [3.63, 3.8) is 0 Å². The third kappa shape index (κ3) is 7.71. The van der Waals surface area contributed by atoms with Gasteiger partial charge < -0.3 is 20.1 Å². The first-order valence-corrected chi connectivity index (χ1v) is 19.3. The Kier molecular flexibility index (Phi) is 10.6. The number of nitrogens with zero attached hydrogens (tertiary/aromatic N) is 2. The molecular formula is C38H46N4O7S. The van der Waals surface area contributed by atoms with E-state index < -0.39 is 57.5 Å². The molecule has 3 aliphatic rings. The summed E-state index contributed by atoms with van der Waals surface area (Å²) in [4.78, 5) is 46.9. The van der Waals surface area contributed by atoms with Gasteiger partial charge in [0.1, 0.15) is 29.5 Å². The molecule has 1 saturated heterocycles. The lowest BCUT2D eigenvalue weighted by molar-refractivity contribution is -0.145. The molecule has 0 radical (unpaired) electrons. The van der Waals surface area contributed by atoms with Crippen molar-refractivity contribution in [1.29, 1.82) is 0 Å². The number of aromatic nitrogens is 1. The molecule has 3 N–H and O–H groups in total. The Morgan fingerprint density at radius 3 is 2.64 bits per heavy atom. The second kappa shape index (κ2) is 14.9. The fraction of sp³-hybridized carbons (Fsp3) is 0.474. The number of carboxylic acids is 1. The lowest BCUT2D eigenvalue weighted by Gasteiger charge is -2.29. The molecule has 2 aliphatic heterocycles. The Bertz CT molecular complexity index is 1870. The maximum atomic E-state index is 14.3. The number of rotatable bonds is 8. The first-order valence-electron chi connectivity index (χ1n) is 17.7. The number of unbranched alkanes of at least 4 members (excludes halogenated alkanes) is 1. The third-order valence-corrected chi connectivity index (χ3v) is 11.6. The number of fused-ring (bicyclic) bond motifs is 3. The molecular weight excluding hydrogens is 657 g/mol. The Morgan fingerprint density at radius 2 is 1.92 bits per heavy atom. The SMILES string of the molecule is C=C[C@H]1C[C@]1(NC(=O)[C@@H]1C[C@@H]2CN1C(=O)[C@H](CCCC)NS(=O)(=O)CCCCCCc1ccc3nc(-c4ccccc4)cc(c3c1)O2)C(=O)O. The maximum Gasteiger partial charge on any atom is 0.330 e. The zero-order valence-corrected chi connectivity index (χ0v) is 29.3. The summed E-state index contributed by atoms with van der Waals surface area (Å²) in [5.41, 5.74) is 1.98. The number of benzene rings is 2. The number of nitrogens with one attached hydrogen (secondary N) is 2. The van der Waals surface area contributed by atoms with Crippen molar-refractivity contribution in [3.05, 3.63) is 72.8 Å². The number of pyridine rings is 1. The Hall–Kier alpha value is -4.29. The van der Waals surface area contributed by atoms with Crippen molar-refractivity contribution in [3.8, 4) is 17.0 Å². The number of aryl methyl sites for hydroxylation is 1. The minimum absolute atomic E-state index is 0.0103. The van der Waals surface area contributed by atoms with E-state index in [0.717, 1.165) is 54.1 Å². The number of ether oxygens (including phenoxy) is 1. The Labute approximate surface area is 293 Å². The highest BCUT2D eigenvalue weighted by Gasteiger charge is 2.61. The van der Waals surface area contributed by atoms with Crippen molar-refractivity contribution in [1.82, 2.24) is 19.9 Å². The van der Waals surface area contributed by atoms with E-state index in [0.29, 0.717) is 24.3 Å². The zero-order valence-electron chi connectivity index (χ0n) is 28.5. The molecule has 50 heavy (non-hydrogen) atoms. The zero-order chi connectivity index (χ0) is 35.5. The van der Waals surface area contributed by atoms with Crippen molar-refractivity contribution in [2.75, 3.05) is 12.3 Å². The first kappa shape index (κ1) is 35.5. The number of sulfonamides is 1. The van der Waals surface area contributed by atoms with Crippen LogP contribution in [0.4, 0.5) is 0 Å². The molecule has 2 fully saturated rings. The lowest BCUT2D eigenvalue weighted by Crippen LogP contribution is -2.56. The van der Waals surface area contributed by atoms with E-state index in [-0.39, 0.29) is 31.6 Å². The average Bonchev–Trinajstić information content (AvgIpc) is 3.67. The van der Waals surface area contributed by atoms with E-state index >= 15 is 0 Å². The van der Waals surface area contributed by atoms with E-state index in [2.05, 4.69) is 28.8 Å². The minimum atomic E-state index is -3.80. The summed E-state index contributed by atoms with van der Waals surface area (Å²) in [6, 6.07) is 15.6. The second-order valence-electron chi connectivity index (χ2n) is 13.8. The summed E-state index contributed by atoms with van der Waals surface area (Å²) in [5.74, 6) is -2.29. The largest absolute Gasteiger partial charge is 0.488 e. The summed E-state index contributed by atoms with van der Waals surface area (Å²) in [7, 11) is -3.80. The van der Waals surface area contributed by atoms with Gasteiger partial charge in [-0.25, -0.2) is 22.9 Å². The summed E-state index contributed by atoms with van der Waals surface area (Å²) in [6.07, 6.45) is 6.50. The van der Waals surface area contributed by atoms with Crippen LogP contribution in [0.3, 0.4) is 0 Å². The molecule has 3 aromatic rings. The van der Waals surface area contributed by atoms with Gasteiger partial charge in [0.15, 0.2) is 0 Å². The van der Waals surface area contributed by atoms with Crippen LogP contribution in [0.1, 0.15) is 70.3 Å². The molecule has 12 heteroatoms. The normalized spacial score (nSPS) is 26.8. The Morgan fingerprint density at radius 1 is 1.14 bits per heavy atom. The number of carboxylic acid groups (broad SMARTS) is 1. The van der Waals surface area contributed by atoms with Gasteiger partial charge in [0.05, 0.1) is 23.5 Å². The predicted molar refractivity (Wildman–Crippen MR) is 191 cm³/mol. The van der Waals surface area contributed by atoms with E-state index in [9.17, 15) is 27.9 Å². The highest BCUT2D eigenvalue weighted by Crippen LogP contribution is 2.45. The first-order chi connectivity index (χ1) is 24.0. The highest BCUT2D eigenvalue weighted by molar-refractivity contribution is 7.89. The van der Waals surface area contributed by atoms with Gasteiger partial charge in [-0.05, 0) is 49.8 Å².